The van der Waals surface area contributed by atoms with Crippen LogP contribution in [0.5, 0.6) is 0 Å². The van der Waals surface area contributed by atoms with Crippen molar-refractivity contribution < 1.29 is 22.7 Å². The van der Waals surface area contributed by atoms with Crippen LogP contribution in [0.15, 0.2) is 29.4 Å². The first-order valence-electron chi connectivity index (χ1n) is 14.2. The van der Waals surface area contributed by atoms with E-state index in [2.05, 4.69) is 19.7 Å². The Morgan fingerprint density at radius 2 is 1.80 bits per heavy atom. The van der Waals surface area contributed by atoms with Gasteiger partial charge in [0, 0.05) is 38.4 Å². The molecule has 2 aromatic rings. The van der Waals surface area contributed by atoms with E-state index in [-0.39, 0.29) is 17.4 Å². The molecule has 2 atom stereocenters. The molecule has 0 N–H and O–H groups in total. The molecule has 3 heterocycles. The fourth-order valence-corrected chi connectivity index (χ4v) is 7.10. The number of halogens is 3. The van der Waals surface area contributed by atoms with Crippen molar-refractivity contribution in [3.8, 4) is 0 Å². The Balaban J connectivity index is 1.03. The Morgan fingerprint density at radius 3 is 2.45 bits per heavy atom. The number of likely N-dealkylation sites (tertiary alicyclic amines) is 2. The lowest BCUT2D eigenvalue weighted by Gasteiger charge is -2.33. The second kappa shape index (κ2) is 11.2. The predicted octanol–water partition coefficient (Wildman–Crippen LogP) is 6.31. The van der Waals surface area contributed by atoms with Gasteiger partial charge in [0.1, 0.15) is 11.4 Å². The molecule has 220 valence electrons. The summed E-state index contributed by atoms with van der Waals surface area (Å²) in [5.74, 6) is 2.59. The molecular weight excluding hydrogens is 539 g/mol. The van der Waals surface area contributed by atoms with Crippen molar-refractivity contribution in [2.75, 3.05) is 38.5 Å². The van der Waals surface area contributed by atoms with Gasteiger partial charge < -0.3 is 19.1 Å². The minimum Gasteiger partial charge on any atom is -0.444 e. The second-order valence-corrected chi connectivity index (χ2v) is 13.7. The molecular formula is C29H40F3N5O2S. The van der Waals surface area contributed by atoms with Gasteiger partial charge in [-0.2, -0.15) is 13.2 Å². The lowest BCUT2D eigenvalue weighted by molar-refractivity contribution is -0.137. The van der Waals surface area contributed by atoms with Crippen molar-refractivity contribution in [2.45, 2.75) is 81.6 Å². The number of rotatable bonds is 7. The number of alkyl halides is 3. The lowest BCUT2D eigenvalue weighted by Crippen LogP contribution is -2.41. The van der Waals surface area contributed by atoms with Crippen LogP contribution in [0.2, 0.25) is 0 Å². The minimum absolute atomic E-state index is 0.241. The van der Waals surface area contributed by atoms with Gasteiger partial charge in [0.2, 0.25) is 0 Å². The number of ether oxygens (including phenoxy) is 1. The topological polar surface area (TPSA) is 63.5 Å². The van der Waals surface area contributed by atoms with Crippen molar-refractivity contribution in [1.82, 2.24) is 24.6 Å². The largest absolute Gasteiger partial charge is 0.444 e. The van der Waals surface area contributed by atoms with Crippen LogP contribution in [-0.2, 0) is 18.0 Å². The van der Waals surface area contributed by atoms with E-state index < -0.39 is 17.3 Å². The predicted molar refractivity (Wildman–Crippen MR) is 148 cm³/mol. The molecule has 1 aliphatic carbocycles. The van der Waals surface area contributed by atoms with E-state index in [0.29, 0.717) is 19.0 Å². The number of amides is 1. The van der Waals surface area contributed by atoms with Gasteiger partial charge in [0.15, 0.2) is 5.16 Å². The lowest BCUT2D eigenvalue weighted by atomic mass is 9.96. The third-order valence-corrected chi connectivity index (χ3v) is 9.63. The fourth-order valence-electron chi connectivity index (χ4n) is 6.26. The van der Waals surface area contributed by atoms with Crippen LogP contribution in [0.1, 0.15) is 81.7 Å². The van der Waals surface area contributed by atoms with E-state index in [1.165, 1.54) is 12.1 Å². The molecule has 1 unspecified atom stereocenters. The molecule has 1 spiro atoms. The van der Waals surface area contributed by atoms with Gasteiger partial charge in [-0.1, -0.05) is 23.9 Å². The summed E-state index contributed by atoms with van der Waals surface area (Å²) < 4.78 is 46.3. The van der Waals surface area contributed by atoms with E-state index >= 15 is 0 Å². The first-order valence-corrected chi connectivity index (χ1v) is 15.2. The van der Waals surface area contributed by atoms with Gasteiger partial charge in [-0.25, -0.2) is 4.79 Å². The average Bonchev–Trinajstić information content (AvgIpc) is 3.23. The number of benzene rings is 1. The first-order chi connectivity index (χ1) is 18.8. The molecule has 2 aliphatic heterocycles. The van der Waals surface area contributed by atoms with Gasteiger partial charge in [0.25, 0.3) is 0 Å². The smallest absolute Gasteiger partial charge is 0.416 e. The average molecular weight is 580 g/mol. The van der Waals surface area contributed by atoms with E-state index in [1.807, 2.05) is 27.8 Å². The quantitative estimate of drug-likeness (QED) is 0.283. The number of nitrogens with zero attached hydrogens (tertiary/aromatic N) is 5. The summed E-state index contributed by atoms with van der Waals surface area (Å²) in [7, 11) is 2.02. The summed E-state index contributed by atoms with van der Waals surface area (Å²) in [6.07, 6.45) is 0.395. The Labute approximate surface area is 238 Å². The number of thioether (sulfide) groups is 1. The van der Waals surface area contributed by atoms with Gasteiger partial charge in [-0.15, -0.1) is 10.2 Å². The van der Waals surface area contributed by atoms with E-state index in [0.717, 1.165) is 74.0 Å². The number of hydrogen-bond acceptors (Lipinski definition) is 6. The molecule has 1 aromatic carbocycles. The zero-order valence-electron chi connectivity index (χ0n) is 23.8. The SMILES string of the molecule is Cn1c(SCCCN2CC[C@]3(CC3c3ccc(C(F)(F)F)cc3)C2)nnc1C1CCN(C(=O)OC(C)(C)C)CC1. The number of aromatic nitrogens is 3. The van der Waals surface area contributed by atoms with Crippen molar-refractivity contribution in [3.05, 3.63) is 41.2 Å². The number of carbonyl (C=O) groups excluding carboxylic acids is 1. The van der Waals surface area contributed by atoms with E-state index in [1.54, 1.807) is 28.8 Å². The van der Waals surface area contributed by atoms with Gasteiger partial charge in [-0.05, 0) is 95.0 Å². The Bertz CT molecular complexity index is 1190. The van der Waals surface area contributed by atoms with Crippen LogP contribution < -0.4 is 0 Å². The van der Waals surface area contributed by atoms with Crippen LogP contribution in [0.3, 0.4) is 0 Å². The van der Waals surface area contributed by atoms with Crippen LogP contribution in [0.25, 0.3) is 0 Å². The Hall–Kier alpha value is -2.27. The maximum atomic E-state index is 12.9. The molecule has 2 saturated heterocycles. The Kier molecular flexibility index (Phi) is 8.18. The standard InChI is InChI=1S/C29H40F3N5O2S/c1-27(2,3)39-26(38)37-14-10-21(11-15-37)24-33-34-25(35(24)4)40-17-5-13-36-16-12-28(19-36)18-23(28)20-6-8-22(9-7-20)29(30,31)32/h6-9,21,23H,5,10-19H2,1-4H3/t23?,28-/m0/s1. The van der Waals surface area contributed by atoms with Crippen LogP contribution >= 0.6 is 11.8 Å². The molecule has 1 amide bonds. The fraction of sp³-hybridized carbons (Fsp3) is 0.690. The maximum absolute atomic E-state index is 12.9. The van der Waals surface area contributed by atoms with Crippen LogP contribution in [0, 0.1) is 5.41 Å². The summed E-state index contributed by atoms with van der Waals surface area (Å²) in [6, 6.07) is 5.77. The van der Waals surface area contributed by atoms with E-state index in [9.17, 15) is 18.0 Å². The van der Waals surface area contributed by atoms with E-state index in [4.69, 9.17) is 4.74 Å². The highest BCUT2D eigenvalue weighted by molar-refractivity contribution is 7.99. The van der Waals surface area contributed by atoms with Gasteiger partial charge in [-0.3, -0.25) is 0 Å². The molecule has 11 heteroatoms. The first kappa shape index (κ1) is 29.2. The van der Waals surface area contributed by atoms with Crippen molar-refractivity contribution in [1.29, 1.82) is 0 Å². The zero-order valence-corrected chi connectivity index (χ0v) is 24.7. The molecule has 0 bridgehead atoms. The summed E-state index contributed by atoms with van der Waals surface area (Å²) >= 11 is 1.73. The molecule has 5 rings (SSSR count). The summed E-state index contributed by atoms with van der Waals surface area (Å²) in [5.41, 5.74) is 0.217. The van der Waals surface area contributed by atoms with Crippen molar-refractivity contribution in [2.24, 2.45) is 12.5 Å². The zero-order chi connectivity index (χ0) is 28.7. The highest BCUT2D eigenvalue weighted by atomic mass is 32.2. The molecule has 7 nitrogen and oxygen atoms in total. The van der Waals surface area contributed by atoms with Gasteiger partial charge >= 0.3 is 12.3 Å². The molecule has 40 heavy (non-hydrogen) atoms. The number of hydrogen-bond donors (Lipinski definition) is 0. The maximum Gasteiger partial charge on any atom is 0.416 e. The molecule has 1 aromatic heterocycles. The third-order valence-electron chi connectivity index (χ3n) is 8.52. The minimum atomic E-state index is -4.28. The van der Waals surface area contributed by atoms with Crippen LogP contribution in [0.4, 0.5) is 18.0 Å². The summed E-state index contributed by atoms with van der Waals surface area (Å²) in [5, 5.41) is 9.86. The summed E-state index contributed by atoms with van der Waals surface area (Å²) in [4.78, 5) is 16.6. The monoisotopic (exact) mass is 579 g/mol. The van der Waals surface area contributed by atoms with Gasteiger partial charge in [0.05, 0.1) is 5.56 Å². The number of piperidine rings is 1. The molecule has 1 saturated carbocycles. The van der Waals surface area contributed by atoms with Crippen LogP contribution in [-0.4, -0.2) is 74.7 Å². The highest BCUT2D eigenvalue weighted by Gasteiger charge is 2.57. The molecule has 3 aliphatic rings. The molecule has 3 fully saturated rings. The number of carbonyl (C=O) groups is 1. The molecule has 0 radical (unpaired) electrons. The van der Waals surface area contributed by atoms with Crippen molar-refractivity contribution in [3.63, 3.8) is 0 Å². The van der Waals surface area contributed by atoms with Crippen molar-refractivity contribution >= 4 is 17.9 Å². The summed E-state index contributed by atoms with van der Waals surface area (Å²) in [6.45, 7) is 10.1. The Morgan fingerprint density at radius 1 is 1.10 bits per heavy atom. The highest BCUT2D eigenvalue weighted by Crippen LogP contribution is 2.64. The normalized spacial score (nSPS) is 24.2. The second-order valence-electron chi connectivity index (χ2n) is 12.6. The third kappa shape index (κ3) is 6.61.